The van der Waals surface area contributed by atoms with Gasteiger partial charge in [0.1, 0.15) is 0 Å². The summed E-state index contributed by atoms with van der Waals surface area (Å²) in [7, 11) is 0. The lowest BCUT2D eigenvalue weighted by atomic mass is 9.98. The van der Waals surface area contributed by atoms with Crippen molar-refractivity contribution in [3.8, 4) is 0 Å². The van der Waals surface area contributed by atoms with Crippen molar-refractivity contribution in [3.05, 3.63) is 0 Å². The van der Waals surface area contributed by atoms with Gasteiger partial charge in [0, 0.05) is 51.2 Å². The number of hydrogen-bond donors (Lipinski definition) is 0. The van der Waals surface area contributed by atoms with Crippen LogP contribution in [0.1, 0.15) is 64.7 Å². The number of likely N-dealkylation sites (tertiary alicyclic amines) is 3. The molecule has 0 radical (unpaired) electrons. The molecule has 3 saturated heterocycles. The van der Waals surface area contributed by atoms with Gasteiger partial charge in [-0.2, -0.15) is 0 Å². The topological polar surface area (TPSA) is 53.1 Å². The number of nitrogens with zero attached hydrogens (tertiary/aromatic N) is 3. The van der Waals surface area contributed by atoms with Gasteiger partial charge < -0.3 is 19.4 Å². The van der Waals surface area contributed by atoms with Crippen LogP contribution in [0.3, 0.4) is 0 Å². The molecule has 148 valence electrons. The molecule has 6 heteroatoms. The van der Waals surface area contributed by atoms with Crippen molar-refractivity contribution in [3.63, 3.8) is 0 Å². The van der Waals surface area contributed by atoms with E-state index in [1.807, 2.05) is 11.8 Å². The fourth-order valence-electron chi connectivity index (χ4n) is 4.79. The fourth-order valence-corrected chi connectivity index (χ4v) is 4.79. The minimum absolute atomic E-state index is 0.161. The van der Waals surface area contributed by atoms with E-state index in [2.05, 4.69) is 9.80 Å². The van der Waals surface area contributed by atoms with Crippen LogP contribution >= 0.6 is 0 Å². The van der Waals surface area contributed by atoms with Gasteiger partial charge in [-0.15, -0.1) is 0 Å². The number of rotatable bonds is 3. The quantitative estimate of drug-likeness (QED) is 0.772. The van der Waals surface area contributed by atoms with Gasteiger partial charge in [-0.1, -0.05) is 6.42 Å². The van der Waals surface area contributed by atoms with Crippen LogP contribution in [-0.2, 0) is 9.53 Å². The summed E-state index contributed by atoms with van der Waals surface area (Å²) in [6, 6.07) is 1.01. The van der Waals surface area contributed by atoms with E-state index in [1.165, 1.54) is 6.42 Å². The first-order chi connectivity index (χ1) is 12.7. The molecule has 3 fully saturated rings. The average molecular weight is 366 g/mol. The lowest BCUT2D eigenvalue weighted by molar-refractivity contribution is -0.134. The molecule has 3 heterocycles. The molecule has 1 unspecified atom stereocenters. The van der Waals surface area contributed by atoms with Crippen molar-refractivity contribution in [2.75, 3.05) is 39.3 Å². The second-order valence-electron chi connectivity index (χ2n) is 7.94. The Balaban J connectivity index is 1.47. The molecular formula is C20H35N3O3. The Hall–Kier alpha value is -1.30. The van der Waals surface area contributed by atoms with E-state index in [1.54, 1.807) is 0 Å². The molecule has 2 amide bonds. The second kappa shape index (κ2) is 9.58. The second-order valence-corrected chi connectivity index (χ2v) is 7.94. The number of carbonyl (C=O) groups excluding carboxylic acids is 2. The van der Waals surface area contributed by atoms with Gasteiger partial charge in [0.2, 0.25) is 5.91 Å². The summed E-state index contributed by atoms with van der Waals surface area (Å²) in [5.41, 5.74) is 0. The molecule has 0 aromatic heterocycles. The molecule has 0 aromatic rings. The molecule has 3 rings (SSSR count). The Bertz CT molecular complexity index is 477. The van der Waals surface area contributed by atoms with Crippen molar-refractivity contribution in [1.29, 1.82) is 0 Å². The maximum Gasteiger partial charge on any atom is 0.409 e. The normalized spacial score (nSPS) is 27.1. The van der Waals surface area contributed by atoms with Crippen LogP contribution in [-0.4, -0.2) is 78.1 Å². The summed E-state index contributed by atoms with van der Waals surface area (Å²) in [6.45, 7) is 7.04. The van der Waals surface area contributed by atoms with Crippen molar-refractivity contribution >= 4 is 12.0 Å². The third kappa shape index (κ3) is 4.90. The van der Waals surface area contributed by atoms with Gasteiger partial charge in [-0.25, -0.2) is 4.79 Å². The zero-order valence-corrected chi connectivity index (χ0v) is 16.3. The van der Waals surface area contributed by atoms with Crippen LogP contribution in [0.5, 0.6) is 0 Å². The van der Waals surface area contributed by atoms with Crippen LogP contribution in [0.25, 0.3) is 0 Å². The molecule has 0 aromatic carbocycles. The van der Waals surface area contributed by atoms with Crippen molar-refractivity contribution in [1.82, 2.24) is 14.7 Å². The predicted octanol–water partition coefficient (Wildman–Crippen LogP) is 2.86. The SMILES string of the molecule is CCOC(=O)N1CCCC(N2CCC(N3CCCCCC3=O)CC2)CC1. The van der Waals surface area contributed by atoms with Gasteiger partial charge in [-0.3, -0.25) is 4.79 Å². The number of ether oxygens (including phenoxy) is 1. The summed E-state index contributed by atoms with van der Waals surface area (Å²) in [5.74, 6) is 0.375. The first-order valence-electron chi connectivity index (χ1n) is 10.6. The Morgan fingerprint density at radius 2 is 1.69 bits per heavy atom. The zero-order valence-electron chi connectivity index (χ0n) is 16.3. The molecule has 26 heavy (non-hydrogen) atoms. The minimum Gasteiger partial charge on any atom is -0.450 e. The van der Waals surface area contributed by atoms with E-state index < -0.39 is 0 Å². The lowest BCUT2D eigenvalue weighted by Gasteiger charge is -2.41. The van der Waals surface area contributed by atoms with E-state index in [9.17, 15) is 9.59 Å². The molecule has 0 N–H and O–H groups in total. The first kappa shape index (κ1) is 19.5. The summed E-state index contributed by atoms with van der Waals surface area (Å²) < 4.78 is 5.16. The predicted molar refractivity (Wildman–Crippen MR) is 101 cm³/mol. The standard InChI is InChI=1S/C20H35N3O3/c1-2-26-20(25)22-12-6-7-17(9-16-22)21-14-10-18(11-15-21)23-13-5-3-4-8-19(23)24/h17-18H,2-16H2,1H3. The third-order valence-corrected chi connectivity index (χ3v) is 6.29. The Morgan fingerprint density at radius 3 is 2.46 bits per heavy atom. The monoisotopic (exact) mass is 365 g/mol. The van der Waals surface area contributed by atoms with Gasteiger partial charge in [0.15, 0.2) is 0 Å². The van der Waals surface area contributed by atoms with E-state index in [4.69, 9.17) is 4.74 Å². The smallest absolute Gasteiger partial charge is 0.409 e. The summed E-state index contributed by atoms with van der Waals surface area (Å²) in [5, 5.41) is 0. The van der Waals surface area contributed by atoms with Crippen molar-refractivity contribution in [2.45, 2.75) is 76.8 Å². The molecule has 0 bridgehead atoms. The third-order valence-electron chi connectivity index (χ3n) is 6.29. The van der Waals surface area contributed by atoms with Crippen LogP contribution in [0.2, 0.25) is 0 Å². The highest BCUT2D eigenvalue weighted by atomic mass is 16.6. The zero-order chi connectivity index (χ0) is 18.4. The average Bonchev–Trinajstić information content (AvgIpc) is 3.02. The summed E-state index contributed by atoms with van der Waals surface area (Å²) in [6.07, 6.45) is 9.45. The van der Waals surface area contributed by atoms with Crippen molar-refractivity contribution < 1.29 is 14.3 Å². The molecule has 1 atom stereocenters. The van der Waals surface area contributed by atoms with Crippen LogP contribution < -0.4 is 0 Å². The number of piperidine rings is 1. The minimum atomic E-state index is -0.161. The van der Waals surface area contributed by atoms with E-state index >= 15 is 0 Å². The highest BCUT2D eigenvalue weighted by Gasteiger charge is 2.32. The number of hydrogen-bond acceptors (Lipinski definition) is 4. The molecular weight excluding hydrogens is 330 g/mol. The van der Waals surface area contributed by atoms with Crippen LogP contribution in [0.4, 0.5) is 4.79 Å². The number of carbonyl (C=O) groups is 2. The van der Waals surface area contributed by atoms with Gasteiger partial charge in [-0.05, 0) is 51.9 Å². The van der Waals surface area contributed by atoms with Crippen molar-refractivity contribution in [2.24, 2.45) is 0 Å². The maximum absolute atomic E-state index is 12.4. The van der Waals surface area contributed by atoms with E-state index in [0.717, 1.165) is 84.1 Å². The molecule has 3 aliphatic heterocycles. The maximum atomic E-state index is 12.4. The van der Waals surface area contributed by atoms with Crippen LogP contribution in [0.15, 0.2) is 0 Å². The lowest BCUT2D eigenvalue weighted by Crippen LogP contribution is -2.50. The molecule has 0 aliphatic carbocycles. The first-order valence-corrected chi connectivity index (χ1v) is 10.6. The molecule has 6 nitrogen and oxygen atoms in total. The number of amides is 2. The summed E-state index contributed by atoms with van der Waals surface area (Å²) in [4.78, 5) is 31.0. The molecule has 0 spiro atoms. The Labute approximate surface area is 157 Å². The van der Waals surface area contributed by atoms with E-state index in [-0.39, 0.29) is 6.09 Å². The molecule has 3 aliphatic rings. The molecule has 0 saturated carbocycles. The van der Waals surface area contributed by atoms with E-state index in [0.29, 0.717) is 24.6 Å². The van der Waals surface area contributed by atoms with Gasteiger partial charge >= 0.3 is 6.09 Å². The Kier molecular flexibility index (Phi) is 7.17. The highest BCUT2D eigenvalue weighted by Crippen LogP contribution is 2.25. The largest absolute Gasteiger partial charge is 0.450 e. The summed E-state index contributed by atoms with van der Waals surface area (Å²) >= 11 is 0. The van der Waals surface area contributed by atoms with Crippen LogP contribution in [0, 0.1) is 0 Å². The van der Waals surface area contributed by atoms with Gasteiger partial charge in [0.25, 0.3) is 0 Å². The van der Waals surface area contributed by atoms with Gasteiger partial charge in [0.05, 0.1) is 6.61 Å². The highest BCUT2D eigenvalue weighted by molar-refractivity contribution is 5.76. The fraction of sp³-hybridized carbons (Fsp3) is 0.900. The Morgan fingerprint density at radius 1 is 0.923 bits per heavy atom.